The zero-order valence-corrected chi connectivity index (χ0v) is 12.6. The minimum Gasteiger partial charge on any atom is -0.341 e. The van der Waals surface area contributed by atoms with Crippen LogP contribution in [-0.2, 0) is 14.4 Å². The molecule has 0 radical (unpaired) electrons. The van der Waals surface area contributed by atoms with Crippen LogP contribution in [0.4, 0.5) is 0 Å². The van der Waals surface area contributed by atoms with Crippen LogP contribution in [0.3, 0.4) is 0 Å². The van der Waals surface area contributed by atoms with Gasteiger partial charge in [0.2, 0.25) is 16.4 Å². The molecular weight excluding hydrogens is 307 g/mol. The summed E-state index contributed by atoms with van der Waals surface area (Å²) in [5.41, 5.74) is 8.29. The van der Waals surface area contributed by atoms with Crippen LogP contribution in [0.15, 0.2) is 5.11 Å². The predicted octanol–water partition coefficient (Wildman–Crippen LogP) is 2.46. The number of amides is 1. The molecule has 1 unspecified atom stereocenters. The SMILES string of the molecule is CCC(CN=[N+]=[N-])C(=O)N(CCC(=O)Cl)CCC(=O)Cl. The summed E-state index contributed by atoms with van der Waals surface area (Å²) in [5.74, 6) is -0.766. The molecule has 9 heteroatoms. The molecule has 0 aromatic carbocycles. The maximum atomic E-state index is 12.2. The van der Waals surface area contributed by atoms with Gasteiger partial charge in [-0.25, -0.2) is 0 Å². The number of carbonyl (C=O) groups excluding carboxylic acids is 3. The Morgan fingerprint density at radius 2 is 1.70 bits per heavy atom. The van der Waals surface area contributed by atoms with Crippen molar-refractivity contribution in [3.8, 4) is 0 Å². The second kappa shape index (κ2) is 10.5. The van der Waals surface area contributed by atoms with E-state index in [0.717, 1.165) is 0 Å². The molecule has 0 N–H and O–H groups in total. The van der Waals surface area contributed by atoms with Crippen molar-refractivity contribution in [2.75, 3.05) is 19.6 Å². The Labute approximate surface area is 126 Å². The van der Waals surface area contributed by atoms with Crippen molar-refractivity contribution in [1.82, 2.24) is 4.90 Å². The van der Waals surface area contributed by atoms with Crippen molar-refractivity contribution in [3.63, 3.8) is 0 Å². The molecule has 20 heavy (non-hydrogen) atoms. The minimum atomic E-state index is -0.567. The van der Waals surface area contributed by atoms with Crippen LogP contribution >= 0.6 is 23.2 Å². The lowest BCUT2D eigenvalue weighted by atomic mass is 10.0. The quantitative estimate of drug-likeness (QED) is 0.267. The molecule has 0 aliphatic carbocycles. The van der Waals surface area contributed by atoms with Crippen molar-refractivity contribution in [1.29, 1.82) is 0 Å². The maximum Gasteiger partial charge on any atom is 0.225 e. The van der Waals surface area contributed by atoms with Crippen LogP contribution < -0.4 is 0 Å². The lowest BCUT2D eigenvalue weighted by Crippen LogP contribution is -2.39. The molecule has 0 fully saturated rings. The van der Waals surface area contributed by atoms with Crippen LogP contribution in [-0.4, -0.2) is 40.9 Å². The Morgan fingerprint density at radius 3 is 2.05 bits per heavy atom. The molecule has 1 amide bonds. The zero-order chi connectivity index (χ0) is 15.5. The summed E-state index contributed by atoms with van der Waals surface area (Å²) >= 11 is 10.5. The summed E-state index contributed by atoms with van der Waals surface area (Å²) in [5, 5.41) is 2.25. The van der Waals surface area contributed by atoms with Crippen molar-refractivity contribution in [2.45, 2.75) is 26.2 Å². The molecule has 0 aromatic heterocycles. The lowest BCUT2D eigenvalue weighted by Gasteiger charge is -2.25. The first-order chi connectivity index (χ1) is 9.42. The Bertz CT molecular complexity index is 392. The largest absolute Gasteiger partial charge is 0.341 e. The van der Waals surface area contributed by atoms with E-state index in [9.17, 15) is 14.4 Å². The highest BCUT2D eigenvalue weighted by atomic mass is 35.5. The van der Waals surface area contributed by atoms with Gasteiger partial charge in [0.25, 0.3) is 0 Å². The molecule has 0 saturated heterocycles. The van der Waals surface area contributed by atoms with E-state index >= 15 is 0 Å². The molecular formula is C11H16Cl2N4O3. The van der Waals surface area contributed by atoms with E-state index in [-0.39, 0.29) is 38.4 Å². The zero-order valence-electron chi connectivity index (χ0n) is 11.1. The molecule has 0 bridgehead atoms. The van der Waals surface area contributed by atoms with Gasteiger partial charge < -0.3 is 4.90 Å². The number of hydrogen-bond acceptors (Lipinski definition) is 4. The Kier molecular flexibility index (Phi) is 9.80. The average Bonchev–Trinajstić information content (AvgIpc) is 2.38. The van der Waals surface area contributed by atoms with E-state index in [1.54, 1.807) is 6.92 Å². The fourth-order valence-corrected chi connectivity index (χ4v) is 1.72. The first-order valence-electron chi connectivity index (χ1n) is 6.08. The molecule has 1 atom stereocenters. The Balaban J connectivity index is 4.76. The number of nitrogens with zero attached hydrogens (tertiary/aromatic N) is 4. The third kappa shape index (κ3) is 7.99. The summed E-state index contributed by atoms with van der Waals surface area (Å²) < 4.78 is 0. The monoisotopic (exact) mass is 322 g/mol. The molecule has 0 saturated carbocycles. The minimum absolute atomic E-state index is 0.0122. The van der Waals surface area contributed by atoms with Gasteiger partial charge >= 0.3 is 0 Å². The number of carbonyl (C=O) groups is 3. The van der Waals surface area contributed by atoms with Crippen LogP contribution in [0.25, 0.3) is 10.4 Å². The van der Waals surface area contributed by atoms with Crippen LogP contribution in [0, 0.1) is 5.92 Å². The van der Waals surface area contributed by atoms with Gasteiger partial charge in [-0.15, -0.1) is 0 Å². The molecule has 0 aliphatic rings. The van der Waals surface area contributed by atoms with Crippen LogP contribution in [0.5, 0.6) is 0 Å². The summed E-state index contributed by atoms with van der Waals surface area (Å²) in [6, 6.07) is 0. The van der Waals surface area contributed by atoms with Gasteiger partial charge in [-0.1, -0.05) is 12.0 Å². The van der Waals surface area contributed by atoms with Crippen molar-refractivity contribution in [3.05, 3.63) is 10.4 Å². The van der Waals surface area contributed by atoms with Gasteiger partial charge in [-0.3, -0.25) is 14.4 Å². The second-order valence-electron chi connectivity index (χ2n) is 4.05. The van der Waals surface area contributed by atoms with Crippen molar-refractivity contribution in [2.24, 2.45) is 11.0 Å². The summed E-state index contributed by atoms with van der Waals surface area (Å²) in [4.78, 5) is 37.8. The highest BCUT2D eigenvalue weighted by Gasteiger charge is 2.23. The van der Waals surface area contributed by atoms with Crippen molar-refractivity contribution < 1.29 is 14.4 Å². The maximum absolute atomic E-state index is 12.2. The highest BCUT2D eigenvalue weighted by Crippen LogP contribution is 2.11. The van der Waals surface area contributed by atoms with Gasteiger partial charge in [0.05, 0.1) is 0 Å². The number of rotatable bonds is 10. The molecule has 0 spiro atoms. The topological polar surface area (TPSA) is 103 Å². The summed E-state index contributed by atoms with van der Waals surface area (Å²) in [6.07, 6.45) is 0.460. The Hall–Kier alpha value is -1.30. The number of halogens is 2. The summed E-state index contributed by atoms with van der Waals surface area (Å²) in [7, 11) is 0. The third-order valence-corrected chi connectivity index (χ3v) is 3.05. The molecule has 0 aromatic rings. The molecule has 112 valence electrons. The third-order valence-electron chi connectivity index (χ3n) is 2.68. The fraction of sp³-hybridized carbons (Fsp3) is 0.727. The van der Waals surface area contributed by atoms with Crippen LogP contribution in [0.1, 0.15) is 26.2 Å². The first kappa shape index (κ1) is 18.7. The summed E-state index contributed by atoms with van der Waals surface area (Å²) in [6.45, 7) is 2.04. The van der Waals surface area contributed by atoms with Gasteiger partial charge in [0.15, 0.2) is 0 Å². The van der Waals surface area contributed by atoms with Gasteiger partial charge in [-0.2, -0.15) is 0 Å². The van der Waals surface area contributed by atoms with Crippen molar-refractivity contribution >= 4 is 39.6 Å². The van der Waals surface area contributed by atoms with E-state index in [1.807, 2.05) is 0 Å². The van der Waals surface area contributed by atoms with E-state index < -0.39 is 16.4 Å². The molecule has 0 aliphatic heterocycles. The van der Waals surface area contributed by atoms with Gasteiger partial charge in [0.1, 0.15) is 0 Å². The Morgan fingerprint density at radius 1 is 1.20 bits per heavy atom. The predicted molar refractivity (Wildman–Crippen MR) is 75.3 cm³/mol. The smallest absolute Gasteiger partial charge is 0.225 e. The number of hydrogen-bond donors (Lipinski definition) is 0. The van der Waals surface area contributed by atoms with Gasteiger partial charge in [0, 0.05) is 43.3 Å². The molecule has 7 nitrogen and oxygen atoms in total. The van der Waals surface area contributed by atoms with E-state index in [0.29, 0.717) is 6.42 Å². The van der Waals surface area contributed by atoms with E-state index in [1.165, 1.54) is 4.90 Å². The highest BCUT2D eigenvalue weighted by molar-refractivity contribution is 6.63. The standard InChI is InChI=1S/C11H16Cl2N4O3/c1-2-8(7-15-16-14)11(20)17(5-3-9(12)18)6-4-10(13)19/h8H,2-7H2,1H3. The second-order valence-corrected chi connectivity index (χ2v) is 4.90. The van der Waals surface area contributed by atoms with E-state index in [4.69, 9.17) is 28.7 Å². The average molecular weight is 323 g/mol. The van der Waals surface area contributed by atoms with Crippen LogP contribution in [0.2, 0.25) is 0 Å². The molecule has 0 heterocycles. The number of azide groups is 1. The van der Waals surface area contributed by atoms with E-state index in [2.05, 4.69) is 10.0 Å². The molecule has 0 rings (SSSR count). The van der Waals surface area contributed by atoms with Gasteiger partial charge in [-0.05, 0) is 35.2 Å². The lowest BCUT2D eigenvalue weighted by molar-refractivity contribution is -0.135. The fourth-order valence-electron chi connectivity index (χ4n) is 1.55. The normalized spacial score (nSPS) is 11.3. The first-order valence-corrected chi connectivity index (χ1v) is 6.84.